The summed E-state index contributed by atoms with van der Waals surface area (Å²) in [5.41, 5.74) is -0.408. The molecular weight excluding hydrogens is 593 g/mol. The van der Waals surface area contributed by atoms with E-state index in [2.05, 4.69) is 14.4 Å². The number of hydrogen-bond donors (Lipinski definition) is 3. The van der Waals surface area contributed by atoms with Gasteiger partial charge in [0.2, 0.25) is 5.91 Å². The molecule has 18 heteroatoms. The standard InChI is InChI=1S/C23H23F3N6O7S2/c1-13(2)20(21(35)23(24,25)26)29-17(33)12-31-19(34)9-10-27-22(31)16-7-8-18(40-16)30-41(38,39)28-11-14-3-5-15(6-4-14)32(36)37/h3-10,13,20,28,30H,11-12H2,1-2H3,(H,29,33). The van der Waals surface area contributed by atoms with Crippen molar-refractivity contribution in [2.45, 2.75) is 39.2 Å². The molecule has 1 amide bonds. The van der Waals surface area contributed by atoms with E-state index in [1.807, 2.05) is 5.32 Å². The Hall–Kier alpha value is -4.16. The molecule has 3 N–H and O–H groups in total. The number of aromatic nitrogens is 2. The highest BCUT2D eigenvalue weighted by Gasteiger charge is 2.45. The zero-order chi connectivity index (χ0) is 30.5. The SMILES string of the molecule is CC(C)C(NC(=O)Cn1c(-c2ccc(NS(=O)(=O)NCc3ccc([N+](=O)[O-])cc3)s2)nccc1=O)C(=O)C(F)(F)F. The molecule has 0 saturated carbocycles. The molecule has 3 rings (SSSR count). The van der Waals surface area contributed by atoms with E-state index < -0.39 is 57.1 Å². The predicted molar refractivity (Wildman–Crippen MR) is 142 cm³/mol. The molecule has 0 fully saturated rings. The number of hydrogen-bond acceptors (Lipinski definition) is 9. The maximum atomic E-state index is 12.9. The van der Waals surface area contributed by atoms with Crippen LogP contribution in [0.4, 0.5) is 23.9 Å². The molecule has 220 valence electrons. The van der Waals surface area contributed by atoms with Crippen LogP contribution in [0, 0.1) is 16.0 Å². The lowest BCUT2D eigenvalue weighted by Crippen LogP contribution is -2.50. The van der Waals surface area contributed by atoms with E-state index in [0.717, 1.165) is 28.2 Å². The number of ketones is 1. The predicted octanol–water partition coefficient (Wildman–Crippen LogP) is 2.60. The molecule has 1 unspecified atom stereocenters. The van der Waals surface area contributed by atoms with E-state index in [1.165, 1.54) is 50.2 Å². The lowest BCUT2D eigenvalue weighted by molar-refractivity contribution is -0.384. The Bertz CT molecular complexity index is 1600. The van der Waals surface area contributed by atoms with Crippen molar-refractivity contribution in [1.82, 2.24) is 19.6 Å². The van der Waals surface area contributed by atoms with E-state index in [4.69, 9.17) is 0 Å². The van der Waals surface area contributed by atoms with Crippen LogP contribution >= 0.6 is 11.3 Å². The number of benzene rings is 1. The van der Waals surface area contributed by atoms with Gasteiger partial charge < -0.3 is 5.32 Å². The number of carbonyl (C=O) groups excluding carboxylic acids is 2. The minimum Gasteiger partial charge on any atom is -0.344 e. The third-order valence-electron chi connectivity index (χ3n) is 5.46. The topological polar surface area (TPSA) is 182 Å². The summed E-state index contributed by atoms with van der Waals surface area (Å²) in [5, 5.41) is 12.9. The van der Waals surface area contributed by atoms with Crippen LogP contribution in [0.25, 0.3) is 10.7 Å². The lowest BCUT2D eigenvalue weighted by atomic mass is 9.99. The fourth-order valence-electron chi connectivity index (χ4n) is 3.45. The number of halogens is 3. The van der Waals surface area contributed by atoms with Crippen molar-refractivity contribution in [3.05, 3.63) is 74.7 Å². The van der Waals surface area contributed by atoms with E-state index in [9.17, 15) is 46.1 Å². The molecule has 0 saturated heterocycles. The lowest BCUT2D eigenvalue weighted by Gasteiger charge is -2.22. The van der Waals surface area contributed by atoms with Crippen LogP contribution in [0.2, 0.25) is 0 Å². The van der Waals surface area contributed by atoms with Crippen molar-refractivity contribution >= 4 is 43.9 Å². The number of nitro groups is 1. The zero-order valence-electron chi connectivity index (χ0n) is 21.3. The molecule has 0 aliphatic rings. The smallest absolute Gasteiger partial charge is 0.344 e. The second-order valence-corrected chi connectivity index (χ2v) is 11.4. The Labute approximate surface area is 234 Å². The second-order valence-electron chi connectivity index (χ2n) is 8.86. The zero-order valence-corrected chi connectivity index (χ0v) is 23.0. The Kier molecular flexibility index (Phi) is 9.61. The highest BCUT2D eigenvalue weighted by Crippen LogP contribution is 2.30. The normalized spacial score (nSPS) is 12.6. The minimum absolute atomic E-state index is 0.0646. The number of Topliss-reactive ketones (excluding diaryl/α,β-unsaturated/α-hetero) is 1. The summed E-state index contributed by atoms with van der Waals surface area (Å²) in [6.07, 6.45) is -4.03. The van der Waals surface area contributed by atoms with E-state index in [-0.39, 0.29) is 27.9 Å². The van der Waals surface area contributed by atoms with Crippen LogP contribution in [0.15, 0.2) is 53.5 Å². The molecule has 0 aliphatic carbocycles. The van der Waals surface area contributed by atoms with Crippen LogP contribution in [-0.4, -0.2) is 46.8 Å². The Morgan fingerprint density at radius 2 is 1.78 bits per heavy atom. The summed E-state index contributed by atoms with van der Waals surface area (Å²) in [6, 6.07) is 7.19. The molecule has 2 heterocycles. The number of non-ortho nitro benzene ring substituents is 1. The van der Waals surface area contributed by atoms with Crippen LogP contribution in [0.3, 0.4) is 0 Å². The van der Waals surface area contributed by atoms with Gasteiger partial charge in [0.25, 0.3) is 27.2 Å². The highest BCUT2D eigenvalue weighted by atomic mass is 32.2. The number of nitrogens with one attached hydrogen (secondary N) is 3. The Balaban J connectivity index is 1.73. The fraction of sp³-hybridized carbons (Fsp3) is 0.304. The van der Waals surface area contributed by atoms with Gasteiger partial charge in [-0.15, -0.1) is 11.3 Å². The van der Waals surface area contributed by atoms with Gasteiger partial charge in [0.05, 0.1) is 15.8 Å². The van der Waals surface area contributed by atoms with Gasteiger partial charge in [0.15, 0.2) is 5.82 Å². The van der Waals surface area contributed by atoms with E-state index in [1.54, 1.807) is 0 Å². The Morgan fingerprint density at radius 1 is 1.12 bits per heavy atom. The Morgan fingerprint density at radius 3 is 2.37 bits per heavy atom. The first kappa shape index (κ1) is 31.4. The van der Waals surface area contributed by atoms with Gasteiger partial charge in [0, 0.05) is 30.9 Å². The number of nitro benzene ring substituents is 1. The molecule has 41 heavy (non-hydrogen) atoms. The van der Waals surface area contributed by atoms with Crippen molar-refractivity contribution in [1.29, 1.82) is 0 Å². The molecule has 1 atom stereocenters. The van der Waals surface area contributed by atoms with Crippen molar-refractivity contribution < 1.29 is 36.1 Å². The number of thiophene rings is 1. The summed E-state index contributed by atoms with van der Waals surface area (Å²) < 4.78 is 69.2. The quantitative estimate of drug-likeness (QED) is 0.205. The maximum Gasteiger partial charge on any atom is 0.452 e. The summed E-state index contributed by atoms with van der Waals surface area (Å²) >= 11 is 0.855. The van der Waals surface area contributed by atoms with Crippen LogP contribution < -0.4 is 20.3 Å². The third kappa shape index (κ3) is 8.41. The minimum atomic E-state index is -5.17. The average Bonchev–Trinajstić information content (AvgIpc) is 3.33. The largest absolute Gasteiger partial charge is 0.452 e. The fourth-order valence-corrected chi connectivity index (χ4v) is 5.48. The first-order valence-electron chi connectivity index (χ1n) is 11.6. The van der Waals surface area contributed by atoms with Gasteiger partial charge in [-0.1, -0.05) is 26.0 Å². The van der Waals surface area contributed by atoms with Crippen LogP contribution in [0.1, 0.15) is 19.4 Å². The molecule has 2 aromatic heterocycles. The van der Waals surface area contributed by atoms with Crippen molar-refractivity contribution in [3.63, 3.8) is 0 Å². The maximum absolute atomic E-state index is 12.9. The summed E-state index contributed by atoms with van der Waals surface area (Å²) in [5.74, 6) is -4.12. The monoisotopic (exact) mass is 616 g/mol. The van der Waals surface area contributed by atoms with Crippen molar-refractivity contribution in [2.24, 2.45) is 5.92 Å². The van der Waals surface area contributed by atoms with Crippen LogP contribution in [-0.2, 0) is 32.9 Å². The number of carbonyl (C=O) groups is 2. The third-order valence-corrected chi connectivity index (χ3v) is 7.60. The second kappa shape index (κ2) is 12.6. The molecule has 0 bridgehead atoms. The van der Waals surface area contributed by atoms with Gasteiger partial charge >= 0.3 is 6.18 Å². The van der Waals surface area contributed by atoms with Gasteiger partial charge in [-0.25, -0.2) is 4.98 Å². The first-order chi connectivity index (χ1) is 19.1. The van der Waals surface area contributed by atoms with E-state index in [0.29, 0.717) is 5.56 Å². The number of amides is 1. The molecule has 1 aromatic carbocycles. The van der Waals surface area contributed by atoms with Gasteiger partial charge in [-0.2, -0.15) is 26.3 Å². The number of alkyl halides is 3. The summed E-state index contributed by atoms with van der Waals surface area (Å²) in [4.78, 5) is 51.3. The number of anilines is 1. The average molecular weight is 617 g/mol. The van der Waals surface area contributed by atoms with Crippen molar-refractivity contribution in [2.75, 3.05) is 4.72 Å². The molecule has 0 radical (unpaired) electrons. The van der Waals surface area contributed by atoms with Crippen molar-refractivity contribution in [3.8, 4) is 10.7 Å². The first-order valence-corrected chi connectivity index (χ1v) is 13.9. The van der Waals surface area contributed by atoms with Gasteiger partial charge in [-0.3, -0.25) is 33.8 Å². The molecule has 0 aliphatic heterocycles. The van der Waals surface area contributed by atoms with Crippen LogP contribution in [0.5, 0.6) is 0 Å². The molecule has 0 spiro atoms. The number of nitrogens with zero attached hydrogens (tertiary/aromatic N) is 3. The van der Waals surface area contributed by atoms with Gasteiger partial charge in [0.1, 0.15) is 11.5 Å². The number of rotatable bonds is 12. The highest BCUT2D eigenvalue weighted by molar-refractivity contribution is 7.91. The molecule has 13 nitrogen and oxygen atoms in total. The summed E-state index contributed by atoms with van der Waals surface area (Å²) in [7, 11) is -4.11. The van der Waals surface area contributed by atoms with E-state index >= 15 is 0 Å². The molecular formula is C23H23F3N6O7S2. The summed E-state index contributed by atoms with van der Waals surface area (Å²) in [6.45, 7) is 1.72. The molecule has 3 aromatic rings. The van der Waals surface area contributed by atoms with Gasteiger partial charge in [-0.05, 0) is 23.6 Å².